The summed E-state index contributed by atoms with van der Waals surface area (Å²) >= 11 is 0. The molecule has 2 fully saturated rings. The molecule has 2 aliphatic carbocycles. The zero-order valence-corrected chi connectivity index (χ0v) is 5.43. The largest absolute Gasteiger partial charge is 0.390 e. The Hall–Kier alpha value is -0.0800. The Bertz CT molecular complexity index is 118. The van der Waals surface area contributed by atoms with Crippen LogP contribution in [0.2, 0.25) is 0 Å². The molecule has 0 amide bonds. The normalized spacial score (nSPS) is 56.7. The minimum atomic E-state index is -0.477. The summed E-state index contributed by atoms with van der Waals surface area (Å²) < 4.78 is 0. The minimum Gasteiger partial charge on any atom is -0.390 e. The van der Waals surface area contributed by atoms with Gasteiger partial charge < -0.3 is 10.2 Å². The molecule has 0 aromatic carbocycles. The van der Waals surface area contributed by atoms with E-state index in [1.165, 1.54) is 0 Å². The summed E-state index contributed by atoms with van der Waals surface area (Å²) in [4.78, 5) is 0. The fourth-order valence-corrected chi connectivity index (χ4v) is 2.15. The van der Waals surface area contributed by atoms with Crippen molar-refractivity contribution in [1.29, 1.82) is 0 Å². The van der Waals surface area contributed by atoms with E-state index in [0.717, 1.165) is 25.7 Å². The van der Waals surface area contributed by atoms with E-state index in [2.05, 4.69) is 0 Å². The van der Waals surface area contributed by atoms with Gasteiger partial charge >= 0.3 is 0 Å². The molecule has 0 unspecified atom stereocenters. The lowest BCUT2D eigenvalue weighted by molar-refractivity contribution is 0.0498. The Morgan fingerprint density at radius 3 is 1.22 bits per heavy atom. The number of hydrogen-bond donors (Lipinski definition) is 2. The first-order valence-electron chi connectivity index (χ1n) is 3.57. The quantitative estimate of drug-likeness (QED) is 0.496. The van der Waals surface area contributed by atoms with Crippen molar-refractivity contribution in [1.82, 2.24) is 0 Å². The molecular weight excluding hydrogens is 116 g/mol. The van der Waals surface area contributed by atoms with Crippen LogP contribution in [0, 0.1) is 0 Å². The van der Waals surface area contributed by atoms with Crippen LogP contribution in [-0.2, 0) is 0 Å². The summed E-state index contributed by atoms with van der Waals surface area (Å²) in [6, 6.07) is 0. The van der Waals surface area contributed by atoms with Gasteiger partial charge in [-0.05, 0) is 25.7 Å². The number of aliphatic hydroxyl groups is 2. The maximum atomic E-state index is 9.55. The maximum absolute atomic E-state index is 9.55. The molecule has 0 aromatic rings. The van der Waals surface area contributed by atoms with Gasteiger partial charge in [0.15, 0.2) is 0 Å². The van der Waals surface area contributed by atoms with Crippen LogP contribution in [0.3, 0.4) is 0 Å². The van der Waals surface area contributed by atoms with E-state index in [0.29, 0.717) is 6.42 Å². The van der Waals surface area contributed by atoms with Crippen molar-refractivity contribution < 1.29 is 10.2 Å². The molecule has 2 aliphatic rings. The van der Waals surface area contributed by atoms with Gasteiger partial charge in [0.25, 0.3) is 0 Å². The molecule has 9 heavy (non-hydrogen) atoms. The van der Waals surface area contributed by atoms with Gasteiger partial charge in [0.05, 0.1) is 11.2 Å². The van der Waals surface area contributed by atoms with Crippen molar-refractivity contribution in [3.05, 3.63) is 0 Å². The third-order valence-corrected chi connectivity index (χ3v) is 2.77. The molecular formula is C7H12O2. The summed E-state index contributed by atoms with van der Waals surface area (Å²) in [5, 5.41) is 19.1. The van der Waals surface area contributed by atoms with Crippen LogP contribution in [-0.4, -0.2) is 21.4 Å². The Labute approximate surface area is 54.5 Å². The van der Waals surface area contributed by atoms with E-state index < -0.39 is 11.2 Å². The average Bonchev–Trinajstić information content (AvgIpc) is 2.19. The lowest BCUT2D eigenvalue weighted by Gasteiger charge is -2.19. The molecule has 0 aromatic heterocycles. The van der Waals surface area contributed by atoms with E-state index in [4.69, 9.17) is 0 Å². The van der Waals surface area contributed by atoms with Crippen molar-refractivity contribution in [2.75, 3.05) is 0 Å². The molecule has 2 nitrogen and oxygen atoms in total. The number of fused-ring (bicyclic) bond motifs is 2. The minimum absolute atomic E-state index is 0.477. The third kappa shape index (κ3) is 0.700. The van der Waals surface area contributed by atoms with Crippen molar-refractivity contribution in [3.8, 4) is 0 Å². The first-order valence-corrected chi connectivity index (χ1v) is 3.57. The second-order valence-corrected chi connectivity index (χ2v) is 3.63. The highest BCUT2D eigenvalue weighted by molar-refractivity contribution is 5.05. The smallest absolute Gasteiger partial charge is 0.0677 e. The fraction of sp³-hybridized carbons (Fsp3) is 1.00. The van der Waals surface area contributed by atoms with Crippen LogP contribution < -0.4 is 0 Å². The van der Waals surface area contributed by atoms with Gasteiger partial charge in [-0.25, -0.2) is 0 Å². The first-order chi connectivity index (χ1) is 4.12. The van der Waals surface area contributed by atoms with E-state index >= 15 is 0 Å². The van der Waals surface area contributed by atoms with Gasteiger partial charge in [0.1, 0.15) is 0 Å². The highest BCUT2D eigenvalue weighted by Crippen LogP contribution is 2.50. The lowest BCUT2D eigenvalue weighted by atomic mass is 9.95. The molecule has 52 valence electrons. The first kappa shape index (κ1) is 5.69. The second kappa shape index (κ2) is 1.32. The van der Waals surface area contributed by atoms with Gasteiger partial charge in [0, 0.05) is 6.42 Å². The van der Waals surface area contributed by atoms with Gasteiger partial charge in [-0.1, -0.05) is 0 Å². The molecule has 0 saturated heterocycles. The Kier molecular flexibility index (Phi) is 0.837. The predicted octanol–water partition coefficient (Wildman–Crippen LogP) is 0.426. The standard InChI is InChI=1S/C7H12O2/c8-6-1-2-7(9,5-6)4-3-6/h8-9H,1-5H2. The maximum Gasteiger partial charge on any atom is 0.0677 e. The Balaban J connectivity index is 2.25. The summed E-state index contributed by atoms with van der Waals surface area (Å²) in [5.41, 5.74) is -0.955. The summed E-state index contributed by atoms with van der Waals surface area (Å²) in [6.45, 7) is 0. The van der Waals surface area contributed by atoms with Gasteiger partial charge in [-0.3, -0.25) is 0 Å². The molecule has 2 heteroatoms. The third-order valence-electron chi connectivity index (χ3n) is 2.77. The highest BCUT2D eigenvalue weighted by atomic mass is 16.3. The molecule has 2 N–H and O–H groups in total. The zero-order valence-electron chi connectivity index (χ0n) is 5.43. The molecule has 0 spiro atoms. The molecule has 0 aliphatic heterocycles. The second-order valence-electron chi connectivity index (χ2n) is 3.63. The van der Waals surface area contributed by atoms with Gasteiger partial charge in [-0.15, -0.1) is 0 Å². The Morgan fingerprint density at radius 2 is 1.11 bits per heavy atom. The zero-order chi connectivity index (χ0) is 6.54. The van der Waals surface area contributed by atoms with E-state index in [1.54, 1.807) is 0 Å². The number of rotatable bonds is 0. The van der Waals surface area contributed by atoms with Crippen LogP contribution in [0.4, 0.5) is 0 Å². The van der Waals surface area contributed by atoms with Crippen LogP contribution in [0.15, 0.2) is 0 Å². The fourth-order valence-electron chi connectivity index (χ4n) is 2.15. The molecule has 0 atom stereocenters. The van der Waals surface area contributed by atoms with Crippen molar-refractivity contribution in [2.45, 2.75) is 43.3 Å². The molecule has 2 bridgehead atoms. The van der Waals surface area contributed by atoms with E-state index in [-0.39, 0.29) is 0 Å². The van der Waals surface area contributed by atoms with Crippen molar-refractivity contribution >= 4 is 0 Å². The summed E-state index contributed by atoms with van der Waals surface area (Å²) in [5.74, 6) is 0. The average molecular weight is 128 g/mol. The lowest BCUT2D eigenvalue weighted by Crippen LogP contribution is -2.21. The topological polar surface area (TPSA) is 40.5 Å². The van der Waals surface area contributed by atoms with Crippen LogP contribution in [0.1, 0.15) is 32.1 Å². The molecule has 2 rings (SSSR count). The summed E-state index contributed by atoms with van der Waals surface area (Å²) in [7, 11) is 0. The molecule has 0 radical (unpaired) electrons. The molecule has 0 heterocycles. The predicted molar refractivity (Wildman–Crippen MR) is 33.0 cm³/mol. The summed E-state index contributed by atoms with van der Waals surface area (Å²) in [6.07, 6.45) is 3.86. The van der Waals surface area contributed by atoms with Gasteiger partial charge in [0.2, 0.25) is 0 Å². The Morgan fingerprint density at radius 1 is 0.778 bits per heavy atom. The van der Waals surface area contributed by atoms with Crippen LogP contribution in [0.5, 0.6) is 0 Å². The van der Waals surface area contributed by atoms with Crippen molar-refractivity contribution in [3.63, 3.8) is 0 Å². The molecule has 2 saturated carbocycles. The highest BCUT2D eigenvalue weighted by Gasteiger charge is 2.52. The van der Waals surface area contributed by atoms with Crippen molar-refractivity contribution in [2.24, 2.45) is 0 Å². The van der Waals surface area contributed by atoms with Gasteiger partial charge in [-0.2, -0.15) is 0 Å². The van der Waals surface area contributed by atoms with Crippen LogP contribution in [0.25, 0.3) is 0 Å². The SMILES string of the molecule is OC12CCC(O)(CC1)C2. The van der Waals surface area contributed by atoms with Crippen LogP contribution >= 0.6 is 0 Å². The van der Waals surface area contributed by atoms with E-state index in [1.807, 2.05) is 0 Å². The number of hydrogen-bond acceptors (Lipinski definition) is 2. The monoisotopic (exact) mass is 128 g/mol. The van der Waals surface area contributed by atoms with E-state index in [9.17, 15) is 10.2 Å².